The maximum atomic E-state index is 11.1. The van der Waals surface area contributed by atoms with Crippen molar-refractivity contribution < 1.29 is 14.6 Å². The molecule has 0 aromatic rings. The molecule has 0 aromatic carbocycles. The minimum absolute atomic E-state index is 0.0170. The van der Waals surface area contributed by atoms with E-state index in [9.17, 15) is 4.79 Å². The molecule has 1 aliphatic carbocycles. The smallest absolute Gasteiger partial charge is 0.373 e. The Morgan fingerprint density at radius 3 is 2.54 bits per heavy atom. The van der Waals surface area contributed by atoms with Gasteiger partial charge in [0.25, 0.3) is 0 Å². The van der Waals surface area contributed by atoms with E-state index in [1.807, 2.05) is 0 Å². The van der Waals surface area contributed by atoms with Crippen LogP contribution in [0.2, 0.25) is 0 Å². The monoisotopic (exact) mass is 184 g/mol. The van der Waals surface area contributed by atoms with Crippen LogP contribution in [-0.4, -0.2) is 17.2 Å². The van der Waals surface area contributed by atoms with Crippen molar-refractivity contribution in [2.75, 3.05) is 0 Å². The van der Waals surface area contributed by atoms with Crippen LogP contribution in [0.25, 0.3) is 0 Å². The van der Waals surface area contributed by atoms with Gasteiger partial charge in [-0.15, -0.1) is 0 Å². The molecule has 0 radical (unpaired) electrons. The number of hydrogen-bond donors (Lipinski definition) is 1. The van der Waals surface area contributed by atoms with Crippen molar-refractivity contribution in [1.82, 2.24) is 0 Å². The lowest BCUT2D eigenvalue weighted by Gasteiger charge is -2.21. The lowest BCUT2D eigenvalue weighted by Crippen LogP contribution is -2.21. The Morgan fingerprint density at radius 1 is 1.38 bits per heavy atom. The van der Waals surface area contributed by atoms with Crippen LogP contribution in [-0.2, 0) is 9.53 Å². The first-order chi connectivity index (χ1) is 6.24. The Bertz CT molecular complexity index is 202. The van der Waals surface area contributed by atoms with Gasteiger partial charge in [0.15, 0.2) is 5.76 Å². The maximum Gasteiger partial charge on any atom is 0.373 e. The predicted molar refractivity (Wildman–Crippen MR) is 49.4 cm³/mol. The van der Waals surface area contributed by atoms with Crippen LogP contribution in [0.1, 0.15) is 39.0 Å². The van der Waals surface area contributed by atoms with Crippen molar-refractivity contribution in [2.45, 2.75) is 45.1 Å². The van der Waals surface area contributed by atoms with E-state index in [4.69, 9.17) is 9.84 Å². The molecule has 0 spiro atoms. The molecule has 3 heteroatoms. The van der Waals surface area contributed by atoms with Gasteiger partial charge in [-0.1, -0.05) is 6.42 Å². The van der Waals surface area contributed by atoms with Gasteiger partial charge in [-0.3, -0.25) is 0 Å². The molecule has 0 unspecified atom stereocenters. The second kappa shape index (κ2) is 4.90. The molecule has 74 valence electrons. The maximum absolute atomic E-state index is 11.1. The molecule has 1 saturated carbocycles. The molecule has 3 nitrogen and oxygen atoms in total. The minimum atomic E-state index is -0.589. The van der Waals surface area contributed by atoms with Crippen molar-refractivity contribution >= 4 is 5.97 Å². The fourth-order valence-electron chi connectivity index (χ4n) is 1.51. The second-order valence-electron chi connectivity index (χ2n) is 3.34. The van der Waals surface area contributed by atoms with Gasteiger partial charge in [-0.25, -0.2) is 4.79 Å². The molecule has 0 aliphatic heterocycles. The standard InChI is InChI=1S/C10H16O3/c1-2-9(11)10(12)13-8-6-4-3-5-7-8/h2,8,11H,3-7H2,1H3. The van der Waals surface area contributed by atoms with Gasteiger partial charge in [0.1, 0.15) is 6.10 Å². The Hall–Kier alpha value is -0.990. The van der Waals surface area contributed by atoms with E-state index < -0.39 is 5.97 Å². The number of carbonyl (C=O) groups excluding carboxylic acids is 1. The van der Waals surface area contributed by atoms with Crippen LogP contribution in [0, 0.1) is 0 Å². The molecule has 0 saturated heterocycles. The molecule has 0 heterocycles. The predicted octanol–water partition coefficient (Wildman–Crippen LogP) is 2.32. The van der Waals surface area contributed by atoms with Gasteiger partial charge in [0.05, 0.1) is 0 Å². The second-order valence-corrected chi connectivity index (χ2v) is 3.34. The van der Waals surface area contributed by atoms with Crippen molar-refractivity contribution in [3.05, 3.63) is 11.8 Å². The summed E-state index contributed by atoms with van der Waals surface area (Å²) >= 11 is 0. The molecule has 0 aromatic heterocycles. The lowest BCUT2D eigenvalue weighted by molar-refractivity contribution is -0.148. The Labute approximate surface area is 78.4 Å². The molecule has 0 atom stereocenters. The number of carbonyl (C=O) groups is 1. The summed E-state index contributed by atoms with van der Waals surface area (Å²) in [4.78, 5) is 11.1. The fourth-order valence-corrected chi connectivity index (χ4v) is 1.51. The van der Waals surface area contributed by atoms with Crippen molar-refractivity contribution in [2.24, 2.45) is 0 Å². The average Bonchev–Trinajstić information content (AvgIpc) is 2.18. The third-order valence-electron chi connectivity index (χ3n) is 2.31. The lowest BCUT2D eigenvalue weighted by atomic mass is 9.98. The third kappa shape index (κ3) is 3.09. The van der Waals surface area contributed by atoms with Crippen LogP contribution in [0.15, 0.2) is 11.8 Å². The van der Waals surface area contributed by atoms with E-state index in [-0.39, 0.29) is 11.9 Å². The minimum Gasteiger partial charge on any atom is -0.502 e. The summed E-state index contributed by atoms with van der Waals surface area (Å²) in [6.45, 7) is 1.61. The third-order valence-corrected chi connectivity index (χ3v) is 2.31. The average molecular weight is 184 g/mol. The number of aliphatic hydroxyl groups excluding tert-OH is 1. The molecule has 13 heavy (non-hydrogen) atoms. The molecule has 1 N–H and O–H groups in total. The zero-order valence-corrected chi connectivity index (χ0v) is 7.95. The van der Waals surface area contributed by atoms with E-state index in [0.717, 1.165) is 25.7 Å². The normalized spacial score (nSPS) is 19.9. The quantitative estimate of drug-likeness (QED) is 0.407. The number of rotatable bonds is 2. The fraction of sp³-hybridized carbons (Fsp3) is 0.700. The summed E-state index contributed by atoms with van der Waals surface area (Å²) in [5, 5.41) is 9.04. The Kier molecular flexibility index (Phi) is 3.80. The first-order valence-electron chi connectivity index (χ1n) is 4.80. The van der Waals surface area contributed by atoms with Gasteiger partial charge in [-0.05, 0) is 38.7 Å². The van der Waals surface area contributed by atoms with Gasteiger partial charge >= 0.3 is 5.97 Å². The molecule has 0 bridgehead atoms. The van der Waals surface area contributed by atoms with Gasteiger partial charge in [-0.2, -0.15) is 0 Å². The highest BCUT2D eigenvalue weighted by Crippen LogP contribution is 2.20. The Morgan fingerprint density at radius 2 is 2.00 bits per heavy atom. The van der Waals surface area contributed by atoms with E-state index >= 15 is 0 Å². The van der Waals surface area contributed by atoms with E-state index in [1.165, 1.54) is 12.5 Å². The highest BCUT2D eigenvalue weighted by molar-refractivity contribution is 5.85. The molecule has 0 amide bonds. The number of ether oxygens (including phenoxy) is 1. The summed E-state index contributed by atoms with van der Waals surface area (Å²) in [7, 11) is 0. The number of aliphatic hydroxyl groups is 1. The van der Waals surface area contributed by atoms with Gasteiger partial charge < -0.3 is 9.84 Å². The summed E-state index contributed by atoms with van der Waals surface area (Å²) < 4.78 is 5.09. The molecule has 1 rings (SSSR count). The number of allylic oxidation sites excluding steroid dienone is 1. The van der Waals surface area contributed by atoms with E-state index in [0.29, 0.717) is 0 Å². The van der Waals surface area contributed by atoms with Crippen molar-refractivity contribution in [3.63, 3.8) is 0 Å². The van der Waals surface area contributed by atoms with Crippen LogP contribution in [0.4, 0.5) is 0 Å². The van der Waals surface area contributed by atoms with Gasteiger partial charge in [0.2, 0.25) is 0 Å². The van der Waals surface area contributed by atoms with Crippen LogP contribution in [0.3, 0.4) is 0 Å². The first kappa shape index (κ1) is 10.1. The SMILES string of the molecule is CC=C(O)C(=O)OC1CCCCC1. The van der Waals surface area contributed by atoms with Gasteiger partial charge in [0, 0.05) is 0 Å². The van der Waals surface area contributed by atoms with Crippen LogP contribution >= 0.6 is 0 Å². The number of esters is 1. The molecule has 1 aliphatic rings. The topological polar surface area (TPSA) is 46.5 Å². The number of hydrogen-bond acceptors (Lipinski definition) is 3. The van der Waals surface area contributed by atoms with E-state index in [2.05, 4.69) is 0 Å². The highest BCUT2D eigenvalue weighted by Gasteiger charge is 2.19. The summed E-state index contributed by atoms with van der Waals surface area (Å²) in [5.74, 6) is -0.875. The Balaban J connectivity index is 2.34. The summed E-state index contributed by atoms with van der Waals surface area (Å²) in [6.07, 6.45) is 6.70. The zero-order valence-electron chi connectivity index (χ0n) is 7.95. The zero-order chi connectivity index (χ0) is 9.68. The largest absolute Gasteiger partial charge is 0.502 e. The summed E-state index contributed by atoms with van der Waals surface area (Å²) in [6, 6.07) is 0. The molecule has 1 fully saturated rings. The van der Waals surface area contributed by atoms with E-state index in [1.54, 1.807) is 6.92 Å². The van der Waals surface area contributed by atoms with Crippen molar-refractivity contribution in [3.8, 4) is 0 Å². The molecular weight excluding hydrogens is 168 g/mol. The first-order valence-corrected chi connectivity index (χ1v) is 4.80. The molecular formula is C10H16O3. The van der Waals surface area contributed by atoms with Crippen LogP contribution < -0.4 is 0 Å². The van der Waals surface area contributed by atoms with Crippen molar-refractivity contribution in [1.29, 1.82) is 0 Å². The summed E-state index contributed by atoms with van der Waals surface area (Å²) in [5.41, 5.74) is 0. The van der Waals surface area contributed by atoms with Crippen LogP contribution in [0.5, 0.6) is 0 Å². The highest BCUT2D eigenvalue weighted by atomic mass is 16.6.